The molecule has 7 nitrogen and oxygen atoms in total. The lowest BCUT2D eigenvalue weighted by molar-refractivity contribution is -0.206. The van der Waals surface area contributed by atoms with Gasteiger partial charge in [-0.3, -0.25) is 0 Å². The number of anilines is 3. The molecule has 208 valence electrons. The quantitative estimate of drug-likeness (QED) is 0.191. The number of halogens is 3. The minimum atomic E-state index is -5.03. The Kier molecular flexibility index (Phi) is 7.35. The standard InChI is InChI=1S/C29H28F3N5O2S/c30-29(31,32)28(38)39-34-10-3-13-37-24-8-6-20(23-16-19-4-1-2-5-22(19)35-23)17-26(24)40-27-18-21(7-9-25(27)37)36-14-11-33-12-15-36/h1-2,4-9,16-18,33-35H,3,10-15H2. The van der Waals surface area contributed by atoms with Crippen molar-refractivity contribution >= 4 is 45.7 Å². The first-order valence-electron chi connectivity index (χ1n) is 13.1. The lowest BCUT2D eigenvalue weighted by Gasteiger charge is -2.35. The molecule has 1 fully saturated rings. The molecule has 0 atom stereocenters. The molecular weight excluding hydrogens is 539 g/mol. The molecule has 4 aromatic rings. The number of nitrogens with one attached hydrogen (secondary N) is 3. The molecule has 40 heavy (non-hydrogen) atoms. The Morgan fingerprint density at radius 2 is 1.73 bits per heavy atom. The normalized spacial score (nSPS) is 15.2. The first kappa shape index (κ1) is 26.5. The van der Waals surface area contributed by atoms with Gasteiger partial charge < -0.3 is 24.9 Å². The number of fused-ring (bicyclic) bond motifs is 3. The summed E-state index contributed by atoms with van der Waals surface area (Å²) in [6.07, 6.45) is -4.57. The summed E-state index contributed by atoms with van der Waals surface area (Å²) in [5.74, 6) is -2.25. The third-order valence-corrected chi connectivity index (χ3v) is 8.18. The number of hydrogen-bond donors (Lipinski definition) is 3. The summed E-state index contributed by atoms with van der Waals surface area (Å²) in [6.45, 7) is 4.38. The minimum absolute atomic E-state index is 0.0855. The number of hydrogen-bond acceptors (Lipinski definition) is 7. The molecule has 6 rings (SSSR count). The zero-order valence-corrected chi connectivity index (χ0v) is 22.4. The Morgan fingerprint density at radius 3 is 2.50 bits per heavy atom. The van der Waals surface area contributed by atoms with E-state index in [1.165, 1.54) is 5.69 Å². The topological polar surface area (TPSA) is 72.6 Å². The van der Waals surface area contributed by atoms with Crippen LogP contribution in [-0.2, 0) is 9.63 Å². The van der Waals surface area contributed by atoms with E-state index in [4.69, 9.17) is 0 Å². The van der Waals surface area contributed by atoms with Crippen LogP contribution in [0.4, 0.5) is 30.2 Å². The Morgan fingerprint density at radius 1 is 0.975 bits per heavy atom. The average Bonchev–Trinajstić information content (AvgIpc) is 3.40. The fourth-order valence-electron chi connectivity index (χ4n) is 5.12. The molecule has 3 heterocycles. The van der Waals surface area contributed by atoms with E-state index in [2.05, 4.69) is 85.0 Å². The second-order valence-corrected chi connectivity index (χ2v) is 10.8. The van der Waals surface area contributed by atoms with Gasteiger partial charge in [-0.1, -0.05) is 36.0 Å². The molecular formula is C29H28F3N5O2S. The molecule has 2 aliphatic rings. The number of alkyl halides is 3. The highest BCUT2D eigenvalue weighted by Crippen LogP contribution is 2.50. The maximum atomic E-state index is 12.4. The molecule has 0 aliphatic carbocycles. The predicted molar refractivity (Wildman–Crippen MR) is 151 cm³/mol. The summed E-state index contributed by atoms with van der Waals surface area (Å²) in [5, 5.41) is 4.54. The highest BCUT2D eigenvalue weighted by molar-refractivity contribution is 7.99. The molecule has 0 bridgehead atoms. The van der Waals surface area contributed by atoms with E-state index >= 15 is 0 Å². The third-order valence-electron chi connectivity index (χ3n) is 7.08. The predicted octanol–water partition coefficient (Wildman–Crippen LogP) is 5.85. The molecule has 1 aromatic heterocycles. The number of benzene rings is 3. The van der Waals surface area contributed by atoms with E-state index in [0.29, 0.717) is 13.0 Å². The van der Waals surface area contributed by atoms with E-state index in [0.717, 1.165) is 69.5 Å². The van der Waals surface area contributed by atoms with Gasteiger partial charge in [0.1, 0.15) is 0 Å². The molecule has 3 aromatic carbocycles. The fourth-order valence-corrected chi connectivity index (χ4v) is 6.28. The van der Waals surface area contributed by atoms with Crippen molar-refractivity contribution in [3.05, 3.63) is 66.7 Å². The number of aromatic amines is 1. The number of piperazine rings is 1. The van der Waals surface area contributed by atoms with Crippen LogP contribution in [0.3, 0.4) is 0 Å². The third kappa shape index (κ3) is 5.49. The molecule has 0 unspecified atom stereocenters. The van der Waals surface area contributed by atoms with Crippen molar-refractivity contribution in [1.29, 1.82) is 0 Å². The van der Waals surface area contributed by atoms with Crippen LogP contribution < -0.4 is 20.6 Å². The molecule has 0 radical (unpaired) electrons. The number of carbonyl (C=O) groups is 1. The van der Waals surface area contributed by atoms with Gasteiger partial charge in [-0.05, 0) is 54.4 Å². The largest absolute Gasteiger partial charge is 0.492 e. The van der Waals surface area contributed by atoms with Crippen molar-refractivity contribution in [2.24, 2.45) is 0 Å². The van der Waals surface area contributed by atoms with Crippen LogP contribution in [0, 0.1) is 0 Å². The second-order valence-electron chi connectivity index (χ2n) is 9.73. The van der Waals surface area contributed by atoms with E-state index in [9.17, 15) is 18.0 Å². The number of hydroxylamine groups is 1. The van der Waals surface area contributed by atoms with Gasteiger partial charge in [-0.25, -0.2) is 4.79 Å². The Labute approximate surface area is 233 Å². The van der Waals surface area contributed by atoms with Gasteiger partial charge in [-0.2, -0.15) is 18.7 Å². The Bertz CT molecular complexity index is 1500. The number of H-pyrrole nitrogens is 1. The van der Waals surface area contributed by atoms with E-state index in [-0.39, 0.29) is 6.54 Å². The van der Waals surface area contributed by atoms with Crippen molar-refractivity contribution in [2.75, 3.05) is 49.1 Å². The highest BCUT2D eigenvalue weighted by atomic mass is 32.2. The molecule has 2 aliphatic heterocycles. The fraction of sp³-hybridized carbons (Fsp3) is 0.276. The molecule has 0 saturated carbocycles. The van der Waals surface area contributed by atoms with Gasteiger partial charge in [0, 0.05) is 71.3 Å². The summed E-state index contributed by atoms with van der Waals surface area (Å²) < 4.78 is 37.3. The summed E-state index contributed by atoms with van der Waals surface area (Å²) in [6, 6.07) is 23.1. The average molecular weight is 568 g/mol. The Hall–Kier alpha value is -3.67. The number of para-hydroxylation sites is 1. The monoisotopic (exact) mass is 567 g/mol. The molecule has 0 spiro atoms. The number of aromatic nitrogens is 1. The van der Waals surface area contributed by atoms with Crippen LogP contribution in [0.5, 0.6) is 0 Å². The molecule has 0 amide bonds. The van der Waals surface area contributed by atoms with Crippen LogP contribution in [0.15, 0.2) is 76.5 Å². The molecule has 11 heteroatoms. The molecule has 1 saturated heterocycles. The number of nitrogens with zero attached hydrogens (tertiary/aromatic N) is 2. The summed E-state index contributed by atoms with van der Waals surface area (Å²) in [5.41, 5.74) is 8.58. The van der Waals surface area contributed by atoms with Gasteiger partial charge in [0.05, 0.1) is 11.4 Å². The van der Waals surface area contributed by atoms with Crippen LogP contribution in [0.1, 0.15) is 6.42 Å². The van der Waals surface area contributed by atoms with Gasteiger partial charge >= 0.3 is 12.1 Å². The van der Waals surface area contributed by atoms with E-state index in [1.807, 2.05) is 12.1 Å². The van der Waals surface area contributed by atoms with Crippen molar-refractivity contribution < 1.29 is 22.8 Å². The number of carbonyl (C=O) groups excluding carboxylic acids is 1. The maximum absolute atomic E-state index is 12.4. The van der Waals surface area contributed by atoms with Crippen LogP contribution in [-0.4, -0.2) is 56.4 Å². The van der Waals surface area contributed by atoms with E-state index in [1.54, 1.807) is 11.8 Å². The highest BCUT2D eigenvalue weighted by Gasteiger charge is 2.41. The van der Waals surface area contributed by atoms with Crippen LogP contribution in [0.25, 0.3) is 22.2 Å². The van der Waals surface area contributed by atoms with Gasteiger partial charge in [0.25, 0.3) is 0 Å². The zero-order valence-electron chi connectivity index (χ0n) is 21.6. The van der Waals surface area contributed by atoms with Crippen LogP contribution >= 0.6 is 11.8 Å². The van der Waals surface area contributed by atoms with Gasteiger partial charge in [0.15, 0.2) is 0 Å². The first-order valence-corrected chi connectivity index (χ1v) is 14.0. The van der Waals surface area contributed by atoms with Crippen molar-refractivity contribution in [1.82, 2.24) is 15.8 Å². The smallest absolute Gasteiger partial charge is 0.369 e. The summed E-state index contributed by atoms with van der Waals surface area (Å²) >= 11 is 1.72. The van der Waals surface area contributed by atoms with Crippen molar-refractivity contribution in [3.8, 4) is 11.3 Å². The van der Waals surface area contributed by atoms with Gasteiger partial charge in [-0.15, -0.1) is 0 Å². The number of rotatable bonds is 7. The van der Waals surface area contributed by atoms with E-state index < -0.39 is 12.1 Å². The lowest BCUT2D eigenvalue weighted by Crippen LogP contribution is -2.43. The van der Waals surface area contributed by atoms with Crippen molar-refractivity contribution in [3.63, 3.8) is 0 Å². The molecule has 3 N–H and O–H groups in total. The second kappa shape index (κ2) is 11.1. The first-order chi connectivity index (χ1) is 19.4. The van der Waals surface area contributed by atoms with Gasteiger partial charge in [0.2, 0.25) is 0 Å². The SMILES string of the molecule is O=C(ONCCCN1c2ccc(-c3cc4ccccc4[nH]3)cc2Sc2cc(N3CCNCC3)ccc21)C(F)(F)F. The Balaban J connectivity index is 1.27. The van der Waals surface area contributed by atoms with Crippen LogP contribution in [0.2, 0.25) is 0 Å². The summed E-state index contributed by atoms with van der Waals surface area (Å²) in [4.78, 5) is 25.4. The zero-order chi connectivity index (χ0) is 27.7. The summed E-state index contributed by atoms with van der Waals surface area (Å²) in [7, 11) is 0. The minimum Gasteiger partial charge on any atom is -0.369 e. The lowest BCUT2D eigenvalue weighted by atomic mass is 10.1. The maximum Gasteiger partial charge on any atom is 0.492 e. The van der Waals surface area contributed by atoms with Crippen molar-refractivity contribution in [2.45, 2.75) is 22.4 Å².